The number of nitrogens with zero attached hydrogens (tertiary/aromatic N) is 7. The predicted octanol–water partition coefficient (Wildman–Crippen LogP) is 3.36. The molecule has 0 spiro atoms. The first kappa shape index (κ1) is 16.5. The maximum atomic E-state index is 4.57. The second-order valence-electron chi connectivity index (χ2n) is 7.05. The summed E-state index contributed by atoms with van der Waals surface area (Å²) in [7, 11) is 1.90. The molecule has 6 aromatic rings. The molecule has 0 saturated carbocycles. The SMILES string of the molecule is Cn1cc(-c2ccc3c(-c4cn[nH]c4-c4cnc5[nH]ncc5c4)ncnc3c2)cn1. The van der Waals surface area contributed by atoms with Crippen LogP contribution < -0.4 is 0 Å². The summed E-state index contributed by atoms with van der Waals surface area (Å²) in [6.45, 7) is 0. The molecule has 0 aliphatic rings. The van der Waals surface area contributed by atoms with Crippen LogP contribution in [0.25, 0.3) is 55.6 Å². The molecular weight excluding hydrogens is 378 g/mol. The van der Waals surface area contributed by atoms with Crippen LogP contribution in [0.5, 0.6) is 0 Å². The van der Waals surface area contributed by atoms with Gasteiger partial charge in [0.1, 0.15) is 6.33 Å². The monoisotopic (exact) mass is 393 g/mol. The van der Waals surface area contributed by atoms with Crippen molar-refractivity contribution in [3.63, 3.8) is 0 Å². The van der Waals surface area contributed by atoms with E-state index >= 15 is 0 Å². The lowest BCUT2D eigenvalue weighted by atomic mass is 10.0. The first-order chi connectivity index (χ1) is 14.8. The zero-order chi connectivity index (χ0) is 20.1. The first-order valence-electron chi connectivity index (χ1n) is 9.33. The summed E-state index contributed by atoms with van der Waals surface area (Å²) in [6, 6.07) is 8.18. The van der Waals surface area contributed by atoms with E-state index in [-0.39, 0.29) is 0 Å². The van der Waals surface area contributed by atoms with Gasteiger partial charge in [-0.25, -0.2) is 15.0 Å². The molecule has 0 radical (unpaired) electrons. The van der Waals surface area contributed by atoms with Gasteiger partial charge in [-0.05, 0) is 23.8 Å². The maximum absolute atomic E-state index is 4.57. The highest BCUT2D eigenvalue weighted by Crippen LogP contribution is 2.34. The van der Waals surface area contributed by atoms with Gasteiger partial charge in [-0.15, -0.1) is 0 Å². The van der Waals surface area contributed by atoms with Crippen molar-refractivity contribution in [3.05, 3.63) is 61.6 Å². The van der Waals surface area contributed by atoms with Crippen molar-refractivity contribution in [2.45, 2.75) is 0 Å². The molecule has 0 aliphatic carbocycles. The highest BCUT2D eigenvalue weighted by Gasteiger charge is 2.16. The van der Waals surface area contributed by atoms with E-state index in [1.54, 1.807) is 29.6 Å². The molecule has 6 rings (SSSR count). The molecule has 144 valence electrons. The summed E-state index contributed by atoms with van der Waals surface area (Å²) in [6.07, 6.45) is 10.7. The van der Waals surface area contributed by atoms with Crippen LogP contribution in [0.15, 0.2) is 61.6 Å². The standard InChI is InChI=1S/C21H15N9/c1-30-10-15(8-27-30)12-2-3-16-18(5-12)23-11-24-20(16)17-9-26-28-19(17)13-4-14-7-25-29-21(14)22-6-13/h2-11H,1H3,(H,26,28)(H,22,25,29). The van der Waals surface area contributed by atoms with E-state index in [1.807, 2.05) is 31.6 Å². The van der Waals surface area contributed by atoms with E-state index in [1.165, 1.54) is 0 Å². The van der Waals surface area contributed by atoms with E-state index in [0.29, 0.717) is 0 Å². The lowest BCUT2D eigenvalue weighted by molar-refractivity contribution is 0.768. The third-order valence-electron chi connectivity index (χ3n) is 5.15. The van der Waals surface area contributed by atoms with Crippen LogP contribution in [-0.2, 0) is 7.05 Å². The maximum Gasteiger partial charge on any atom is 0.155 e. The van der Waals surface area contributed by atoms with Gasteiger partial charge >= 0.3 is 0 Å². The average Bonchev–Trinajstić information content (AvgIpc) is 3.52. The zero-order valence-corrected chi connectivity index (χ0v) is 15.9. The second-order valence-corrected chi connectivity index (χ2v) is 7.05. The predicted molar refractivity (Wildman–Crippen MR) is 112 cm³/mol. The largest absolute Gasteiger partial charge is 0.277 e. The molecule has 9 heteroatoms. The second kappa shape index (κ2) is 6.31. The Bertz CT molecular complexity index is 1520. The van der Waals surface area contributed by atoms with Gasteiger partial charge in [0.15, 0.2) is 5.65 Å². The van der Waals surface area contributed by atoms with Crippen LogP contribution >= 0.6 is 0 Å². The molecule has 5 heterocycles. The quantitative estimate of drug-likeness (QED) is 0.477. The van der Waals surface area contributed by atoms with E-state index in [2.05, 4.69) is 52.6 Å². The number of pyridine rings is 1. The van der Waals surface area contributed by atoms with Crippen molar-refractivity contribution in [3.8, 4) is 33.6 Å². The molecule has 1 aromatic carbocycles. The Morgan fingerprint density at radius 3 is 2.67 bits per heavy atom. The topological polar surface area (TPSA) is 114 Å². The summed E-state index contributed by atoms with van der Waals surface area (Å²) in [5.41, 5.74) is 7.17. The number of aryl methyl sites for hydroxylation is 1. The van der Waals surface area contributed by atoms with E-state index in [4.69, 9.17) is 0 Å². The fraction of sp³-hybridized carbons (Fsp3) is 0.0476. The Morgan fingerprint density at radius 1 is 0.833 bits per heavy atom. The number of rotatable bonds is 3. The van der Waals surface area contributed by atoms with Crippen molar-refractivity contribution in [1.82, 2.24) is 45.1 Å². The van der Waals surface area contributed by atoms with E-state index in [9.17, 15) is 0 Å². The molecule has 30 heavy (non-hydrogen) atoms. The van der Waals surface area contributed by atoms with E-state index < -0.39 is 0 Å². The Labute approximate surface area is 169 Å². The molecule has 0 aliphatic heterocycles. The Balaban J connectivity index is 1.50. The fourth-order valence-corrected chi connectivity index (χ4v) is 3.68. The third-order valence-corrected chi connectivity index (χ3v) is 5.15. The van der Waals surface area contributed by atoms with E-state index in [0.717, 1.165) is 55.6 Å². The van der Waals surface area contributed by atoms with Crippen molar-refractivity contribution >= 4 is 21.9 Å². The minimum Gasteiger partial charge on any atom is -0.277 e. The zero-order valence-electron chi connectivity index (χ0n) is 15.9. The number of fused-ring (bicyclic) bond motifs is 2. The number of aromatic nitrogens is 9. The summed E-state index contributed by atoms with van der Waals surface area (Å²) in [5, 5.41) is 20.4. The molecule has 0 atom stereocenters. The van der Waals surface area contributed by atoms with Crippen molar-refractivity contribution in [2.75, 3.05) is 0 Å². The molecule has 0 unspecified atom stereocenters. The summed E-state index contributed by atoms with van der Waals surface area (Å²) in [5.74, 6) is 0. The number of H-pyrrole nitrogens is 2. The van der Waals surface area contributed by atoms with Crippen LogP contribution in [-0.4, -0.2) is 45.1 Å². The molecule has 2 N–H and O–H groups in total. The van der Waals surface area contributed by atoms with Gasteiger partial charge in [-0.3, -0.25) is 14.9 Å². The number of nitrogens with one attached hydrogen (secondary N) is 2. The fourth-order valence-electron chi connectivity index (χ4n) is 3.68. The molecule has 0 amide bonds. The van der Waals surface area contributed by atoms with Gasteiger partial charge < -0.3 is 0 Å². The lowest BCUT2D eigenvalue weighted by Gasteiger charge is -2.07. The number of benzene rings is 1. The smallest absolute Gasteiger partial charge is 0.155 e. The molecule has 0 fully saturated rings. The highest BCUT2D eigenvalue weighted by molar-refractivity contribution is 5.97. The van der Waals surface area contributed by atoms with Crippen LogP contribution in [0.2, 0.25) is 0 Å². The van der Waals surface area contributed by atoms with Gasteiger partial charge in [0.25, 0.3) is 0 Å². The molecule has 5 aromatic heterocycles. The Morgan fingerprint density at radius 2 is 1.77 bits per heavy atom. The summed E-state index contributed by atoms with van der Waals surface area (Å²) >= 11 is 0. The average molecular weight is 393 g/mol. The molecule has 0 bridgehead atoms. The first-order valence-corrected chi connectivity index (χ1v) is 9.33. The molecule has 0 saturated heterocycles. The lowest BCUT2D eigenvalue weighted by Crippen LogP contribution is -1.91. The summed E-state index contributed by atoms with van der Waals surface area (Å²) < 4.78 is 1.79. The van der Waals surface area contributed by atoms with Crippen molar-refractivity contribution in [2.24, 2.45) is 7.05 Å². The Hall–Kier alpha value is -4.40. The van der Waals surface area contributed by atoms with Crippen LogP contribution in [0.3, 0.4) is 0 Å². The normalized spacial score (nSPS) is 11.5. The van der Waals surface area contributed by atoms with Gasteiger partial charge in [0.2, 0.25) is 0 Å². The Kier molecular flexibility index (Phi) is 3.48. The number of hydrogen-bond acceptors (Lipinski definition) is 6. The number of aromatic amines is 2. The van der Waals surface area contributed by atoms with Crippen LogP contribution in [0, 0.1) is 0 Å². The van der Waals surface area contributed by atoms with Gasteiger partial charge in [0, 0.05) is 46.9 Å². The van der Waals surface area contributed by atoms with Gasteiger partial charge in [0.05, 0.1) is 35.5 Å². The molecular formula is C21H15N9. The number of hydrogen-bond donors (Lipinski definition) is 2. The molecule has 9 nitrogen and oxygen atoms in total. The highest BCUT2D eigenvalue weighted by atomic mass is 15.2. The third kappa shape index (κ3) is 2.56. The van der Waals surface area contributed by atoms with Crippen LogP contribution in [0.1, 0.15) is 0 Å². The van der Waals surface area contributed by atoms with Crippen molar-refractivity contribution < 1.29 is 0 Å². The minimum absolute atomic E-state index is 0.746. The van der Waals surface area contributed by atoms with Crippen LogP contribution in [0.4, 0.5) is 0 Å². The van der Waals surface area contributed by atoms with Gasteiger partial charge in [-0.1, -0.05) is 6.07 Å². The summed E-state index contributed by atoms with van der Waals surface area (Å²) in [4.78, 5) is 13.5. The van der Waals surface area contributed by atoms with Gasteiger partial charge in [-0.2, -0.15) is 15.3 Å². The van der Waals surface area contributed by atoms with Crippen molar-refractivity contribution in [1.29, 1.82) is 0 Å². The minimum atomic E-state index is 0.746.